The Hall–Kier alpha value is -1.33. The predicted octanol–water partition coefficient (Wildman–Crippen LogP) is 3.88. The minimum absolute atomic E-state index is 0.0493. The number of carbonyl (C=O) groups is 1. The van der Waals surface area contributed by atoms with Gasteiger partial charge in [0.05, 0.1) is 5.75 Å². The summed E-state index contributed by atoms with van der Waals surface area (Å²) >= 11 is 4.85. The van der Waals surface area contributed by atoms with Gasteiger partial charge in [-0.2, -0.15) is 0 Å². The summed E-state index contributed by atoms with van der Waals surface area (Å²) in [5.74, 6) is 0.940. The Morgan fingerprint density at radius 2 is 2.11 bits per heavy atom. The average Bonchev–Trinajstić information content (AvgIpc) is 2.41. The van der Waals surface area contributed by atoms with E-state index in [4.69, 9.17) is 0 Å². The summed E-state index contributed by atoms with van der Waals surface area (Å²) in [4.78, 5) is 17.1. The Kier molecular flexibility index (Phi) is 4.99. The normalized spacial score (nSPS) is 10.2. The second kappa shape index (κ2) is 6.73. The summed E-state index contributed by atoms with van der Waals surface area (Å²) in [6.45, 7) is 1.91. The molecule has 0 radical (unpaired) electrons. The Balaban J connectivity index is 1.91. The van der Waals surface area contributed by atoms with Gasteiger partial charge in [0.15, 0.2) is 0 Å². The van der Waals surface area contributed by atoms with E-state index in [0.29, 0.717) is 11.6 Å². The van der Waals surface area contributed by atoms with Crippen LogP contribution in [-0.2, 0) is 4.79 Å². The number of hydrogen-bond donors (Lipinski definition) is 1. The highest BCUT2D eigenvalue weighted by molar-refractivity contribution is 9.10. The van der Waals surface area contributed by atoms with E-state index in [0.717, 1.165) is 14.9 Å². The van der Waals surface area contributed by atoms with E-state index in [-0.39, 0.29) is 5.91 Å². The molecule has 0 aliphatic heterocycles. The van der Waals surface area contributed by atoms with Gasteiger partial charge < -0.3 is 5.32 Å². The second-order valence-electron chi connectivity index (χ2n) is 3.97. The zero-order valence-electron chi connectivity index (χ0n) is 10.4. The van der Waals surface area contributed by atoms with E-state index >= 15 is 0 Å². The fourth-order valence-corrected chi connectivity index (χ4v) is 2.67. The van der Waals surface area contributed by atoms with E-state index in [1.165, 1.54) is 11.8 Å². The van der Waals surface area contributed by atoms with Gasteiger partial charge >= 0.3 is 0 Å². The third-order valence-electron chi connectivity index (χ3n) is 2.42. The first kappa shape index (κ1) is 14.1. The molecule has 0 fully saturated rings. The van der Waals surface area contributed by atoms with Crippen molar-refractivity contribution in [2.24, 2.45) is 0 Å². The maximum atomic E-state index is 11.8. The Bertz CT molecular complexity index is 575. The molecule has 1 amide bonds. The lowest BCUT2D eigenvalue weighted by molar-refractivity contribution is -0.113. The second-order valence-corrected chi connectivity index (χ2v) is 5.93. The number of rotatable bonds is 4. The molecule has 1 N–H and O–H groups in total. The zero-order valence-corrected chi connectivity index (χ0v) is 12.8. The number of nitrogens with zero attached hydrogens (tertiary/aromatic N) is 1. The molecular formula is C14H13BrN2OS. The van der Waals surface area contributed by atoms with Crippen molar-refractivity contribution in [3.63, 3.8) is 0 Å². The van der Waals surface area contributed by atoms with Crippen LogP contribution in [0.4, 0.5) is 5.82 Å². The summed E-state index contributed by atoms with van der Waals surface area (Å²) in [6, 6.07) is 11.8. The smallest absolute Gasteiger partial charge is 0.235 e. The minimum atomic E-state index is -0.0493. The van der Waals surface area contributed by atoms with Gasteiger partial charge in [-0.15, -0.1) is 11.8 Å². The summed E-state index contributed by atoms with van der Waals surface area (Å²) in [6.07, 6.45) is 1.67. The van der Waals surface area contributed by atoms with Gasteiger partial charge in [0.25, 0.3) is 0 Å². The highest BCUT2D eigenvalue weighted by atomic mass is 79.9. The summed E-state index contributed by atoms with van der Waals surface area (Å²) in [5.41, 5.74) is 0.937. The lowest BCUT2D eigenvalue weighted by Gasteiger charge is -2.07. The largest absolute Gasteiger partial charge is 0.310 e. The number of hydrogen-bond acceptors (Lipinski definition) is 3. The molecule has 3 nitrogen and oxygen atoms in total. The molecular weight excluding hydrogens is 324 g/mol. The molecule has 0 aliphatic rings. The fraction of sp³-hybridized carbons (Fsp3) is 0.143. The number of benzene rings is 1. The molecule has 2 rings (SSSR count). The molecule has 1 heterocycles. The van der Waals surface area contributed by atoms with Crippen molar-refractivity contribution in [1.29, 1.82) is 0 Å². The maximum Gasteiger partial charge on any atom is 0.235 e. The Morgan fingerprint density at radius 1 is 1.37 bits per heavy atom. The van der Waals surface area contributed by atoms with Crippen molar-refractivity contribution in [1.82, 2.24) is 4.98 Å². The third kappa shape index (κ3) is 4.36. The van der Waals surface area contributed by atoms with Crippen LogP contribution in [0.1, 0.15) is 5.56 Å². The van der Waals surface area contributed by atoms with Gasteiger partial charge in [0.2, 0.25) is 5.91 Å². The lowest BCUT2D eigenvalue weighted by atomic mass is 10.3. The van der Waals surface area contributed by atoms with Crippen LogP contribution in [0.25, 0.3) is 0 Å². The summed E-state index contributed by atoms with van der Waals surface area (Å²) < 4.78 is 0.904. The molecule has 1 aromatic heterocycles. The fourth-order valence-electron chi connectivity index (χ4n) is 1.51. The quantitative estimate of drug-likeness (QED) is 0.861. The van der Waals surface area contributed by atoms with Gasteiger partial charge in [-0.05, 0) is 46.6 Å². The van der Waals surface area contributed by atoms with Crippen LogP contribution in [0.5, 0.6) is 0 Å². The van der Waals surface area contributed by atoms with Crippen LogP contribution in [0.2, 0.25) is 0 Å². The molecule has 1 aromatic carbocycles. The molecule has 19 heavy (non-hydrogen) atoms. The number of aromatic nitrogens is 1. The van der Waals surface area contributed by atoms with E-state index in [1.54, 1.807) is 6.20 Å². The number of amides is 1. The lowest BCUT2D eigenvalue weighted by Crippen LogP contribution is -2.15. The van der Waals surface area contributed by atoms with Crippen LogP contribution < -0.4 is 5.32 Å². The Morgan fingerprint density at radius 3 is 2.79 bits per heavy atom. The zero-order chi connectivity index (χ0) is 13.7. The molecule has 2 aromatic rings. The van der Waals surface area contributed by atoms with Crippen molar-refractivity contribution in [2.75, 3.05) is 11.1 Å². The first-order valence-corrected chi connectivity index (χ1v) is 7.53. The van der Waals surface area contributed by atoms with Gasteiger partial charge in [0, 0.05) is 15.6 Å². The van der Waals surface area contributed by atoms with Gasteiger partial charge in [-0.1, -0.05) is 18.2 Å². The Labute approximate surface area is 125 Å². The van der Waals surface area contributed by atoms with Crippen LogP contribution in [0, 0.1) is 6.92 Å². The minimum Gasteiger partial charge on any atom is -0.310 e. The molecule has 0 unspecified atom stereocenters. The van der Waals surface area contributed by atoms with Crippen molar-refractivity contribution < 1.29 is 4.79 Å². The summed E-state index contributed by atoms with van der Waals surface area (Å²) in [7, 11) is 0. The average molecular weight is 337 g/mol. The number of thioether (sulfide) groups is 1. The van der Waals surface area contributed by atoms with E-state index in [1.807, 2.05) is 43.3 Å². The maximum absolute atomic E-state index is 11.8. The molecule has 0 spiro atoms. The van der Waals surface area contributed by atoms with Crippen LogP contribution in [0.3, 0.4) is 0 Å². The van der Waals surface area contributed by atoms with Crippen molar-refractivity contribution in [3.05, 3.63) is 52.6 Å². The predicted molar refractivity (Wildman–Crippen MR) is 82.5 cm³/mol. The number of carbonyl (C=O) groups excluding carboxylic acids is 1. The first-order valence-electron chi connectivity index (χ1n) is 5.75. The summed E-state index contributed by atoms with van der Waals surface area (Å²) in [5, 5.41) is 2.82. The number of halogens is 1. The topological polar surface area (TPSA) is 42.0 Å². The van der Waals surface area contributed by atoms with Crippen LogP contribution >= 0.6 is 27.7 Å². The third-order valence-corrected chi connectivity index (χ3v) is 3.86. The van der Waals surface area contributed by atoms with Crippen LogP contribution in [0.15, 0.2) is 52.0 Å². The van der Waals surface area contributed by atoms with Crippen molar-refractivity contribution >= 4 is 39.4 Å². The molecule has 0 aliphatic carbocycles. The first-order chi connectivity index (χ1) is 9.15. The van der Waals surface area contributed by atoms with Gasteiger partial charge in [0.1, 0.15) is 5.82 Å². The molecule has 0 atom stereocenters. The van der Waals surface area contributed by atoms with Gasteiger partial charge in [-0.25, -0.2) is 4.98 Å². The number of nitrogens with one attached hydrogen (secondary N) is 1. The number of pyridine rings is 1. The molecule has 0 saturated carbocycles. The molecule has 0 saturated heterocycles. The van der Waals surface area contributed by atoms with Crippen molar-refractivity contribution in [3.8, 4) is 0 Å². The van der Waals surface area contributed by atoms with Gasteiger partial charge in [-0.3, -0.25) is 4.79 Å². The van der Waals surface area contributed by atoms with Crippen LogP contribution in [-0.4, -0.2) is 16.6 Å². The molecule has 0 bridgehead atoms. The molecule has 5 heteroatoms. The molecule has 98 valence electrons. The standard InChI is InChI=1S/C14H13BrN2OS/c1-10-7-11(15)8-16-14(10)17-13(18)9-19-12-5-3-2-4-6-12/h2-8H,9H2,1H3,(H,16,17,18). The highest BCUT2D eigenvalue weighted by Gasteiger charge is 2.07. The number of aryl methyl sites for hydroxylation is 1. The van der Waals surface area contributed by atoms with Crippen molar-refractivity contribution in [2.45, 2.75) is 11.8 Å². The van der Waals surface area contributed by atoms with E-state index in [9.17, 15) is 4.79 Å². The van der Waals surface area contributed by atoms with E-state index in [2.05, 4.69) is 26.2 Å². The number of anilines is 1. The van der Waals surface area contributed by atoms with E-state index < -0.39 is 0 Å². The highest BCUT2D eigenvalue weighted by Crippen LogP contribution is 2.19. The SMILES string of the molecule is Cc1cc(Br)cnc1NC(=O)CSc1ccccc1. The monoisotopic (exact) mass is 336 g/mol.